The van der Waals surface area contributed by atoms with E-state index < -0.39 is 0 Å². The molecule has 94 valence electrons. The minimum atomic E-state index is -0.211. The van der Waals surface area contributed by atoms with Gasteiger partial charge in [-0.2, -0.15) is 0 Å². The SMILES string of the molecule is Cc1ccc(C(N)c2ccc(Cl)c(Cl)c2)cc1Br. The van der Waals surface area contributed by atoms with Crippen LogP contribution in [0.15, 0.2) is 40.9 Å². The van der Waals surface area contributed by atoms with E-state index in [1.807, 2.05) is 37.3 Å². The lowest BCUT2D eigenvalue weighted by Crippen LogP contribution is -2.11. The fourth-order valence-electron chi connectivity index (χ4n) is 1.70. The molecule has 2 N–H and O–H groups in total. The van der Waals surface area contributed by atoms with E-state index in [1.165, 1.54) is 5.56 Å². The van der Waals surface area contributed by atoms with Gasteiger partial charge >= 0.3 is 0 Å². The summed E-state index contributed by atoms with van der Waals surface area (Å²) in [5.41, 5.74) is 9.39. The Labute approximate surface area is 125 Å². The molecular weight excluding hydrogens is 333 g/mol. The van der Waals surface area contributed by atoms with Gasteiger partial charge in [-0.1, -0.05) is 57.3 Å². The average molecular weight is 345 g/mol. The summed E-state index contributed by atoms with van der Waals surface area (Å²) in [5.74, 6) is 0. The van der Waals surface area contributed by atoms with Gasteiger partial charge in [0.05, 0.1) is 16.1 Å². The lowest BCUT2D eigenvalue weighted by Gasteiger charge is -2.14. The second kappa shape index (κ2) is 5.62. The van der Waals surface area contributed by atoms with E-state index in [2.05, 4.69) is 15.9 Å². The minimum Gasteiger partial charge on any atom is -0.320 e. The highest BCUT2D eigenvalue weighted by molar-refractivity contribution is 9.10. The van der Waals surface area contributed by atoms with Crippen molar-refractivity contribution in [2.24, 2.45) is 5.73 Å². The molecule has 18 heavy (non-hydrogen) atoms. The Morgan fingerprint density at radius 1 is 1.00 bits per heavy atom. The first-order valence-corrected chi connectivity index (χ1v) is 7.00. The van der Waals surface area contributed by atoms with Gasteiger partial charge in [-0.3, -0.25) is 0 Å². The zero-order valence-corrected chi connectivity index (χ0v) is 12.9. The highest BCUT2D eigenvalue weighted by Gasteiger charge is 2.11. The Kier molecular flexibility index (Phi) is 4.33. The minimum absolute atomic E-state index is 0.211. The molecule has 0 aliphatic heterocycles. The standard InChI is InChI=1S/C14H12BrCl2N/c1-8-2-3-9(6-11(8)15)14(18)10-4-5-12(16)13(17)7-10/h2-7,14H,18H2,1H3. The van der Waals surface area contributed by atoms with Crippen LogP contribution in [0.25, 0.3) is 0 Å². The van der Waals surface area contributed by atoms with Crippen LogP contribution < -0.4 is 5.73 Å². The molecule has 0 saturated heterocycles. The Hall–Kier alpha value is -0.540. The molecule has 0 bridgehead atoms. The van der Waals surface area contributed by atoms with Gasteiger partial charge in [-0.15, -0.1) is 0 Å². The Bertz CT molecular complexity index is 533. The lowest BCUT2D eigenvalue weighted by molar-refractivity contribution is 0.870. The van der Waals surface area contributed by atoms with Crippen LogP contribution in [-0.2, 0) is 0 Å². The Balaban J connectivity index is 2.37. The fraction of sp³-hybridized carbons (Fsp3) is 0.143. The summed E-state index contributed by atoms with van der Waals surface area (Å²) in [7, 11) is 0. The third-order valence-corrected chi connectivity index (χ3v) is 4.45. The maximum absolute atomic E-state index is 6.23. The van der Waals surface area contributed by atoms with Crippen LogP contribution in [0, 0.1) is 6.92 Å². The molecular formula is C14H12BrCl2N. The van der Waals surface area contributed by atoms with Crippen molar-refractivity contribution in [3.05, 3.63) is 67.6 Å². The van der Waals surface area contributed by atoms with E-state index >= 15 is 0 Å². The predicted molar refractivity (Wildman–Crippen MR) is 81.4 cm³/mol. The second-order valence-electron chi connectivity index (χ2n) is 4.16. The van der Waals surface area contributed by atoms with Crippen molar-refractivity contribution in [2.45, 2.75) is 13.0 Å². The van der Waals surface area contributed by atoms with Crippen LogP contribution in [0.5, 0.6) is 0 Å². The molecule has 1 nitrogen and oxygen atoms in total. The van der Waals surface area contributed by atoms with E-state index in [1.54, 1.807) is 6.07 Å². The molecule has 1 unspecified atom stereocenters. The van der Waals surface area contributed by atoms with E-state index in [-0.39, 0.29) is 6.04 Å². The molecule has 0 saturated carbocycles. The first kappa shape index (κ1) is 13.9. The molecule has 0 spiro atoms. The molecule has 0 aliphatic carbocycles. The van der Waals surface area contributed by atoms with Gasteiger partial charge in [0.15, 0.2) is 0 Å². The van der Waals surface area contributed by atoms with E-state index in [0.29, 0.717) is 10.0 Å². The fourth-order valence-corrected chi connectivity index (χ4v) is 2.40. The van der Waals surface area contributed by atoms with Crippen molar-refractivity contribution in [3.8, 4) is 0 Å². The van der Waals surface area contributed by atoms with Crippen molar-refractivity contribution >= 4 is 39.1 Å². The zero-order valence-electron chi connectivity index (χ0n) is 9.75. The third kappa shape index (κ3) is 2.89. The van der Waals surface area contributed by atoms with Crippen LogP contribution >= 0.6 is 39.1 Å². The van der Waals surface area contributed by atoms with Gasteiger partial charge in [0.25, 0.3) is 0 Å². The molecule has 2 rings (SSSR count). The summed E-state index contributed by atoms with van der Waals surface area (Å²) < 4.78 is 1.05. The summed E-state index contributed by atoms with van der Waals surface area (Å²) in [5, 5.41) is 1.06. The number of halogens is 3. The summed E-state index contributed by atoms with van der Waals surface area (Å²) in [6, 6.07) is 11.3. The molecule has 0 radical (unpaired) electrons. The number of nitrogens with two attached hydrogens (primary N) is 1. The number of benzene rings is 2. The van der Waals surface area contributed by atoms with Crippen molar-refractivity contribution in [3.63, 3.8) is 0 Å². The molecule has 2 aromatic rings. The topological polar surface area (TPSA) is 26.0 Å². The van der Waals surface area contributed by atoms with Crippen LogP contribution in [0.2, 0.25) is 10.0 Å². The highest BCUT2D eigenvalue weighted by Crippen LogP contribution is 2.29. The molecule has 2 aromatic carbocycles. The highest BCUT2D eigenvalue weighted by atomic mass is 79.9. The Morgan fingerprint density at radius 3 is 2.22 bits per heavy atom. The summed E-state index contributed by atoms with van der Waals surface area (Å²) in [4.78, 5) is 0. The van der Waals surface area contributed by atoms with Gasteiger partial charge in [0, 0.05) is 4.47 Å². The molecule has 0 fully saturated rings. The molecule has 0 aliphatic rings. The van der Waals surface area contributed by atoms with E-state index in [0.717, 1.165) is 15.6 Å². The first-order chi connectivity index (χ1) is 8.49. The number of hydrogen-bond acceptors (Lipinski definition) is 1. The number of rotatable bonds is 2. The average Bonchev–Trinajstić information content (AvgIpc) is 2.35. The van der Waals surface area contributed by atoms with Gasteiger partial charge in [-0.25, -0.2) is 0 Å². The van der Waals surface area contributed by atoms with Crippen molar-refractivity contribution < 1.29 is 0 Å². The zero-order chi connectivity index (χ0) is 13.3. The molecule has 1 atom stereocenters. The lowest BCUT2D eigenvalue weighted by atomic mass is 9.99. The van der Waals surface area contributed by atoms with Gasteiger partial charge in [0.1, 0.15) is 0 Å². The summed E-state index contributed by atoms with van der Waals surface area (Å²) in [6.07, 6.45) is 0. The smallest absolute Gasteiger partial charge is 0.0595 e. The van der Waals surface area contributed by atoms with E-state index in [4.69, 9.17) is 28.9 Å². The van der Waals surface area contributed by atoms with Crippen molar-refractivity contribution in [1.82, 2.24) is 0 Å². The van der Waals surface area contributed by atoms with Crippen LogP contribution in [-0.4, -0.2) is 0 Å². The maximum atomic E-state index is 6.23. The summed E-state index contributed by atoms with van der Waals surface area (Å²) >= 11 is 15.4. The first-order valence-electron chi connectivity index (χ1n) is 5.45. The molecule has 0 aromatic heterocycles. The van der Waals surface area contributed by atoms with Gasteiger partial charge in [0.2, 0.25) is 0 Å². The van der Waals surface area contributed by atoms with Crippen molar-refractivity contribution in [2.75, 3.05) is 0 Å². The van der Waals surface area contributed by atoms with Crippen LogP contribution in [0.1, 0.15) is 22.7 Å². The number of hydrogen-bond donors (Lipinski definition) is 1. The van der Waals surface area contributed by atoms with Crippen LogP contribution in [0.4, 0.5) is 0 Å². The maximum Gasteiger partial charge on any atom is 0.0595 e. The quantitative estimate of drug-likeness (QED) is 0.804. The monoisotopic (exact) mass is 343 g/mol. The normalized spacial score (nSPS) is 12.5. The summed E-state index contributed by atoms with van der Waals surface area (Å²) in [6.45, 7) is 2.04. The van der Waals surface area contributed by atoms with Gasteiger partial charge < -0.3 is 5.73 Å². The van der Waals surface area contributed by atoms with Crippen molar-refractivity contribution in [1.29, 1.82) is 0 Å². The predicted octanol–water partition coefficient (Wildman–Crippen LogP) is 5.11. The van der Waals surface area contributed by atoms with Gasteiger partial charge in [-0.05, 0) is 41.8 Å². The number of aryl methyl sites for hydroxylation is 1. The molecule has 0 heterocycles. The Morgan fingerprint density at radius 2 is 1.61 bits per heavy atom. The second-order valence-corrected chi connectivity index (χ2v) is 5.83. The van der Waals surface area contributed by atoms with E-state index in [9.17, 15) is 0 Å². The largest absolute Gasteiger partial charge is 0.320 e. The van der Waals surface area contributed by atoms with Crippen LogP contribution in [0.3, 0.4) is 0 Å². The molecule has 4 heteroatoms. The molecule has 0 amide bonds. The third-order valence-electron chi connectivity index (χ3n) is 2.86.